The maximum atomic E-state index is 11.9. The second-order valence-electron chi connectivity index (χ2n) is 4.32. The molecule has 1 aromatic heterocycles. The van der Waals surface area contributed by atoms with Crippen LogP contribution >= 0.6 is 11.6 Å². The molecular formula is C11H19ClN4O2S. The number of sulfonamides is 1. The molecule has 0 fully saturated rings. The molecule has 6 nitrogen and oxygen atoms in total. The van der Waals surface area contributed by atoms with Crippen LogP contribution in [0.5, 0.6) is 0 Å². The second kappa shape index (κ2) is 7.14. The first-order valence-electron chi connectivity index (χ1n) is 6.04. The minimum absolute atomic E-state index is 0.0168. The lowest BCUT2D eigenvalue weighted by Gasteiger charge is -2.23. The number of halogens is 1. The maximum absolute atomic E-state index is 11.9. The highest BCUT2D eigenvalue weighted by Gasteiger charge is 2.15. The van der Waals surface area contributed by atoms with Gasteiger partial charge in [0.15, 0.2) is 0 Å². The van der Waals surface area contributed by atoms with Gasteiger partial charge in [0, 0.05) is 19.1 Å². The molecule has 1 aromatic rings. The van der Waals surface area contributed by atoms with E-state index in [2.05, 4.69) is 33.4 Å². The fraction of sp³-hybridized carbons (Fsp3) is 0.636. The molecule has 108 valence electrons. The van der Waals surface area contributed by atoms with Crippen molar-refractivity contribution >= 4 is 21.6 Å². The molecule has 1 heterocycles. The van der Waals surface area contributed by atoms with Gasteiger partial charge in [0.1, 0.15) is 4.90 Å². The van der Waals surface area contributed by atoms with E-state index in [0.29, 0.717) is 19.1 Å². The Morgan fingerprint density at radius 3 is 2.53 bits per heavy atom. The smallest absolute Gasteiger partial charge is 0.243 e. The highest BCUT2D eigenvalue weighted by molar-refractivity contribution is 7.89. The quantitative estimate of drug-likeness (QED) is 0.765. The lowest BCUT2D eigenvalue weighted by atomic mass is 10.2. The summed E-state index contributed by atoms with van der Waals surface area (Å²) in [6, 6.07) is 0.420. The van der Waals surface area contributed by atoms with Gasteiger partial charge in [-0.05, 0) is 32.0 Å². The van der Waals surface area contributed by atoms with E-state index in [1.807, 2.05) is 7.05 Å². The number of hydrogen-bond acceptors (Lipinski definition) is 5. The number of likely N-dealkylation sites (N-methyl/N-ethyl adjacent to an activating group) is 1. The fourth-order valence-corrected chi connectivity index (χ4v) is 2.42. The molecule has 0 radical (unpaired) electrons. The molecule has 1 rings (SSSR count). The van der Waals surface area contributed by atoms with E-state index in [1.54, 1.807) is 0 Å². The Bertz CT molecular complexity index is 492. The van der Waals surface area contributed by atoms with E-state index in [9.17, 15) is 8.42 Å². The Balaban J connectivity index is 2.54. The van der Waals surface area contributed by atoms with Crippen LogP contribution in [0.15, 0.2) is 17.3 Å². The first kappa shape index (κ1) is 16.3. The maximum Gasteiger partial charge on any atom is 0.243 e. The van der Waals surface area contributed by atoms with Gasteiger partial charge in [-0.2, -0.15) is 0 Å². The lowest BCUT2D eigenvalue weighted by molar-refractivity contribution is 0.256. The van der Waals surface area contributed by atoms with Crippen LogP contribution in [0.4, 0.5) is 0 Å². The van der Waals surface area contributed by atoms with Crippen molar-refractivity contribution in [3.63, 3.8) is 0 Å². The standard InChI is InChI=1S/C11H19ClN4O2S/c1-4-9(2)16(3)6-5-15-19(17,18)10-7-13-11(12)14-8-10/h7-9,15H,4-6H2,1-3H3. The van der Waals surface area contributed by atoms with Crippen LogP contribution in [0.2, 0.25) is 5.28 Å². The number of hydrogen-bond donors (Lipinski definition) is 1. The topological polar surface area (TPSA) is 75.2 Å². The summed E-state index contributed by atoms with van der Waals surface area (Å²) in [7, 11) is -1.60. The molecule has 0 aromatic carbocycles. The van der Waals surface area contributed by atoms with Gasteiger partial charge in [-0.25, -0.2) is 23.1 Å². The predicted molar refractivity (Wildman–Crippen MR) is 74.6 cm³/mol. The van der Waals surface area contributed by atoms with E-state index in [-0.39, 0.29) is 10.2 Å². The average Bonchev–Trinajstić information content (AvgIpc) is 2.37. The Hall–Kier alpha value is -0.760. The van der Waals surface area contributed by atoms with Crippen LogP contribution in [-0.2, 0) is 10.0 Å². The SMILES string of the molecule is CCC(C)N(C)CCNS(=O)(=O)c1cnc(Cl)nc1. The van der Waals surface area contributed by atoms with Gasteiger partial charge < -0.3 is 4.90 Å². The first-order valence-corrected chi connectivity index (χ1v) is 7.90. The van der Waals surface area contributed by atoms with Crippen LogP contribution < -0.4 is 4.72 Å². The monoisotopic (exact) mass is 306 g/mol. The van der Waals surface area contributed by atoms with E-state index in [1.165, 1.54) is 12.4 Å². The van der Waals surface area contributed by atoms with E-state index < -0.39 is 10.0 Å². The van der Waals surface area contributed by atoms with Crippen molar-refractivity contribution in [1.29, 1.82) is 0 Å². The molecule has 1 atom stereocenters. The second-order valence-corrected chi connectivity index (χ2v) is 6.43. The highest BCUT2D eigenvalue weighted by atomic mass is 35.5. The van der Waals surface area contributed by atoms with Crippen LogP contribution in [0.1, 0.15) is 20.3 Å². The van der Waals surface area contributed by atoms with Gasteiger partial charge in [-0.15, -0.1) is 0 Å². The third kappa shape index (κ3) is 5.02. The van der Waals surface area contributed by atoms with Crippen molar-refractivity contribution in [3.8, 4) is 0 Å². The van der Waals surface area contributed by atoms with Gasteiger partial charge in [-0.3, -0.25) is 0 Å². The third-order valence-corrected chi connectivity index (χ3v) is 4.62. The average molecular weight is 307 g/mol. The van der Waals surface area contributed by atoms with Gasteiger partial charge in [-0.1, -0.05) is 6.92 Å². The zero-order valence-corrected chi connectivity index (χ0v) is 12.9. The van der Waals surface area contributed by atoms with E-state index >= 15 is 0 Å². The summed E-state index contributed by atoms with van der Waals surface area (Å²) < 4.78 is 26.3. The first-order chi connectivity index (χ1) is 8.86. The van der Waals surface area contributed by atoms with Crippen LogP contribution in [0, 0.1) is 0 Å². The van der Waals surface area contributed by atoms with Crippen molar-refractivity contribution in [2.45, 2.75) is 31.2 Å². The summed E-state index contributed by atoms with van der Waals surface area (Å²) in [4.78, 5) is 9.42. The number of nitrogens with one attached hydrogen (secondary N) is 1. The summed E-state index contributed by atoms with van der Waals surface area (Å²) >= 11 is 5.51. The summed E-state index contributed by atoms with van der Waals surface area (Å²) in [5.74, 6) is 0. The summed E-state index contributed by atoms with van der Waals surface area (Å²) in [6.07, 6.45) is 3.40. The zero-order chi connectivity index (χ0) is 14.5. The molecule has 0 aliphatic carbocycles. The van der Waals surface area contributed by atoms with Crippen LogP contribution in [0.25, 0.3) is 0 Å². The summed E-state index contributed by atoms with van der Waals surface area (Å²) in [5, 5.41) is 0.0236. The van der Waals surface area contributed by atoms with Crippen molar-refractivity contribution in [1.82, 2.24) is 19.6 Å². The van der Waals surface area contributed by atoms with Gasteiger partial charge >= 0.3 is 0 Å². The molecule has 8 heteroatoms. The van der Waals surface area contributed by atoms with Crippen LogP contribution in [0.3, 0.4) is 0 Å². The Labute approximate surface area is 119 Å². The molecule has 0 saturated heterocycles. The minimum Gasteiger partial charge on any atom is -0.302 e. The molecule has 1 unspecified atom stereocenters. The predicted octanol–water partition coefficient (Wildman–Crippen LogP) is 1.14. The largest absolute Gasteiger partial charge is 0.302 e. The Morgan fingerprint density at radius 2 is 2.00 bits per heavy atom. The van der Waals surface area contributed by atoms with Gasteiger partial charge in [0.2, 0.25) is 15.3 Å². The Morgan fingerprint density at radius 1 is 1.42 bits per heavy atom. The van der Waals surface area contributed by atoms with E-state index in [4.69, 9.17) is 11.6 Å². The lowest BCUT2D eigenvalue weighted by Crippen LogP contribution is -2.37. The summed E-state index contributed by atoms with van der Waals surface area (Å²) in [5.41, 5.74) is 0. The normalized spacial score (nSPS) is 13.7. The van der Waals surface area contributed by atoms with Gasteiger partial charge in [0.05, 0.1) is 12.4 Å². The van der Waals surface area contributed by atoms with Crippen molar-refractivity contribution in [2.24, 2.45) is 0 Å². The molecular weight excluding hydrogens is 288 g/mol. The molecule has 0 bridgehead atoms. The van der Waals surface area contributed by atoms with Crippen LogP contribution in [-0.4, -0.2) is 49.5 Å². The number of aromatic nitrogens is 2. The molecule has 0 aliphatic rings. The molecule has 0 saturated carbocycles. The fourth-order valence-electron chi connectivity index (χ4n) is 1.41. The summed E-state index contributed by atoms with van der Waals surface area (Å²) in [6.45, 7) is 5.17. The number of rotatable bonds is 7. The van der Waals surface area contributed by atoms with Gasteiger partial charge in [0.25, 0.3) is 0 Å². The van der Waals surface area contributed by atoms with Crippen molar-refractivity contribution in [2.75, 3.05) is 20.1 Å². The molecule has 19 heavy (non-hydrogen) atoms. The van der Waals surface area contributed by atoms with E-state index in [0.717, 1.165) is 6.42 Å². The Kier molecular flexibility index (Phi) is 6.12. The third-order valence-electron chi connectivity index (χ3n) is 3.01. The molecule has 0 amide bonds. The van der Waals surface area contributed by atoms with Crippen molar-refractivity contribution < 1.29 is 8.42 Å². The molecule has 1 N–H and O–H groups in total. The molecule has 0 aliphatic heterocycles. The minimum atomic E-state index is -3.57. The highest BCUT2D eigenvalue weighted by Crippen LogP contribution is 2.07. The van der Waals surface area contributed by atoms with Crippen molar-refractivity contribution in [3.05, 3.63) is 17.7 Å². The zero-order valence-electron chi connectivity index (χ0n) is 11.3. The number of nitrogens with zero attached hydrogens (tertiary/aromatic N) is 3. The molecule has 0 spiro atoms.